The molecule has 0 amide bonds. The molecule has 0 aromatic heterocycles. The Labute approximate surface area is 110 Å². The van der Waals surface area contributed by atoms with Crippen LogP contribution in [-0.4, -0.2) is 19.2 Å². The number of aromatic hydroxyl groups is 1. The number of phenols is 1. The van der Waals surface area contributed by atoms with E-state index >= 15 is 0 Å². The first-order valence-electron chi connectivity index (χ1n) is 6.40. The van der Waals surface area contributed by atoms with E-state index in [1.807, 2.05) is 37.2 Å². The van der Waals surface area contributed by atoms with Crippen LogP contribution in [0.2, 0.25) is 0 Å². The molecule has 0 saturated carbocycles. The number of phenolic OH excluding ortho intramolecular Hbond substituents is 1. The average molecular weight is 245 g/mol. The van der Waals surface area contributed by atoms with Crippen LogP contribution < -0.4 is 4.90 Å². The van der Waals surface area contributed by atoms with Crippen molar-refractivity contribution in [2.75, 3.05) is 19.0 Å². The minimum Gasteiger partial charge on any atom is -0.508 e. The van der Waals surface area contributed by atoms with E-state index in [2.05, 4.69) is 18.7 Å². The molecular weight excluding hydrogens is 222 g/mol. The van der Waals surface area contributed by atoms with Crippen molar-refractivity contribution in [1.29, 1.82) is 0 Å². The molecule has 0 bridgehead atoms. The summed E-state index contributed by atoms with van der Waals surface area (Å²) in [7, 11) is 3.93. The first-order chi connectivity index (χ1) is 8.65. The highest BCUT2D eigenvalue weighted by molar-refractivity contribution is 5.52. The normalized spacial score (nSPS) is 10.8. The van der Waals surface area contributed by atoms with Gasteiger partial charge in [0.2, 0.25) is 0 Å². The number of benzene rings is 1. The molecule has 1 N–H and O–H groups in total. The highest BCUT2D eigenvalue weighted by Crippen LogP contribution is 2.24. The van der Waals surface area contributed by atoms with Crippen LogP contribution in [-0.2, 0) is 6.42 Å². The van der Waals surface area contributed by atoms with Crippen LogP contribution >= 0.6 is 0 Å². The molecule has 0 unspecified atom stereocenters. The van der Waals surface area contributed by atoms with E-state index < -0.39 is 0 Å². The number of rotatable bonds is 7. The molecule has 1 aromatic rings. The van der Waals surface area contributed by atoms with Gasteiger partial charge in [-0.3, -0.25) is 0 Å². The van der Waals surface area contributed by atoms with Crippen molar-refractivity contribution in [2.24, 2.45) is 0 Å². The molecule has 0 aliphatic rings. The zero-order valence-electron chi connectivity index (χ0n) is 11.4. The number of allylic oxidation sites excluding steroid dienone is 3. The van der Waals surface area contributed by atoms with Crippen LogP contribution in [0.4, 0.5) is 5.69 Å². The lowest BCUT2D eigenvalue weighted by Crippen LogP contribution is -2.08. The largest absolute Gasteiger partial charge is 0.508 e. The fraction of sp³-hybridized carbons (Fsp3) is 0.375. The van der Waals surface area contributed by atoms with Crippen molar-refractivity contribution < 1.29 is 5.11 Å². The molecule has 0 spiro atoms. The van der Waals surface area contributed by atoms with E-state index in [0.29, 0.717) is 5.75 Å². The minimum atomic E-state index is 0.372. The quantitative estimate of drug-likeness (QED) is 0.581. The highest BCUT2D eigenvalue weighted by atomic mass is 16.3. The molecule has 2 heteroatoms. The second-order valence-electron chi connectivity index (χ2n) is 4.60. The second-order valence-corrected chi connectivity index (χ2v) is 4.60. The van der Waals surface area contributed by atoms with Gasteiger partial charge in [0.15, 0.2) is 0 Å². The molecule has 0 saturated heterocycles. The van der Waals surface area contributed by atoms with Gasteiger partial charge in [-0.2, -0.15) is 0 Å². The maximum absolute atomic E-state index is 9.91. The van der Waals surface area contributed by atoms with Gasteiger partial charge in [0, 0.05) is 25.8 Å². The van der Waals surface area contributed by atoms with Crippen LogP contribution in [0, 0.1) is 0 Å². The van der Waals surface area contributed by atoms with E-state index in [0.717, 1.165) is 36.9 Å². The van der Waals surface area contributed by atoms with Crippen molar-refractivity contribution >= 4 is 5.69 Å². The fourth-order valence-corrected chi connectivity index (χ4v) is 1.71. The second kappa shape index (κ2) is 7.59. The smallest absolute Gasteiger partial charge is 0.121 e. The molecule has 0 atom stereocenters. The Kier molecular flexibility index (Phi) is 6.06. The predicted molar refractivity (Wildman–Crippen MR) is 79.3 cm³/mol. The van der Waals surface area contributed by atoms with Crippen molar-refractivity contribution in [3.05, 3.63) is 48.6 Å². The van der Waals surface area contributed by atoms with Crippen LogP contribution in [0.15, 0.2) is 43.0 Å². The van der Waals surface area contributed by atoms with Gasteiger partial charge >= 0.3 is 0 Å². The third-order valence-corrected chi connectivity index (χ3v) is 2.87. The lowest BCUT2D eigenvalue weighted by molar-refractivity contribution is 0.470. The van der Waals surface area contributed by atoms with E-state index in [4.69, 9.17) is 0 Å². The summed E-state index contributed by atoms with van der Waals surface area (Å²) in [5.41, 5.74) is 1.99. The lowest BCUT2D eigenvalue weighted by atomic mass is 10.1. The van der Waals surface area contributed by atoms with E-state index in [9.17, 15) is 5.11 Å². The number of nitrogens with zero attached hydrogens (tertiary/aromatic N) is 1. The molecule has 0 radical (unpaired) electrons. The van der Waals surface area contributed by atoms with Crippen LogP contribution in [0.25, 0.3) is 0 Å². The Balaban J connectivity index is 2.50. The van der Waals surface area contributed by atoms with E-state index in [-0.39, 0.29) is 0 Å². The van der Waals surface area contributed by atoms with Gasteiger partial charge in [-0.15, -0.1) is 6.58 Å². The van der Waals surface area contributed by atoms with Gasteiger partial charge in [0.25, 0.3) is 0 Å². The lowest BCUT2D eigenvalue weighted by Gasteiger charge is -2.13. The number of anilines is 1. The van der Waals surface area contributed by atoms with Gasteiger partial charge in [-0.1, -0.05) is 24.3 Å². The molecule has 1 aromatic carbocycles. The van der Waals surface area contributed by atoms with Crippen molar-refractivity contribution in [1.82, 2.24) is 0 Å². The van der Waals surface area contributed by atoms with Crippen molar-refractivity contribution in [2.45, 2.75) is 25.7 Å². The van der Waals surface area contributed by atoms with Crippen LogP contribution in [0.1, 0.15) is 24.8 Å². The maximum atomic E-state index is 9.91. The van der Waals surface area contributed by atoms with Crippen molar-refractivity contribution in [3.8, 4) is 5.75 Å². The Morgan fingerprint density at radius 1 is 1.22 bits per heavy atom. The summed E-state index contributed by atoms with van der Waals surface area (Å²) in [5, 5.41) is 9.91. The van der Waals surface area contributed by atoms with Gasteiger partial charge in [-0.25, -0.2) is 0 Å². The molecule has 1 rings (SSSR count). The Hall–Kier alpha value is -1.70. The Morgan fingerprint density at radius 3 is 2.61 bits per heavy atom. The summed E-state index contributed by atoms with van der Waals surface area (Å²) in [4.78, 5) is 1.98. The van der Waals surface area contributed by atoms with E-state index in [1.54, 1.807) is 6.07 Å². The topological polar surface area (TPSA) is 23.5 Å². The fourth-order valence-electron chi connectivity index (χ4n) is 1.71. The monoisotopic (exact) mass is 245 g/mol. The third kappa shape index (κ3) is 4.66. The van der Waals surface area contributed by atoms with Crippen molar-refractivity contribution in [3.63, 3.8) is 0 Å². The molecule has 0 fully saturated rings. The van der Waals surface area contributed by atoms with Gasteiger partial charge in [0.1, 0.15) is 5.75 Å². The SMILES string of the molecule is C=CCCC/C=C/Cc1ccc(N(C)C)cc1O. The standard InChI is InChI=1S/C16H23NO/c1-4-5-6-7-8-9-10-14-11-12-15(17(2)3)13-16(14)18/h4,8-9,11-13,18H,1,5-7,10H2,2-3H3/b9-8+. The molecule has 18 heavy (non-hydrogen) atoms. The number of unbranched alkanes of at least 4 members (excludes halogenated alkanes) is 2. The highest BCUT2D eigenvalue weighted by Gasteiger charge is 2.02. The maximum Gasteiger partial charge on any atom is 0.121 e. The van der Waals surface area contributed by atoms with Gasteiger partial charge in [-0.05, 0) is 37.3 Å². The van der Waals surface area contributed by atoms with E-state index in [1.165, 1.54) is 0 Å². The third-order valence-electron chi connectivity index (χ3n) is 2.87. The van der Waals surface area contributed by atoms with Gasteiger partial charge in [0.05, 0.1) is 0 Å². The number of hydrogen-bond donors (Lipinski definition) is 1. The molecule has 98 valence electrons. The number of hydrogen-bond acceptors (Lipinski definition) is 2. The van der Waals surface area contributed by atoms with Crippen LogP contribution in [0.3, 0.4) is 0 Å². The predicted octanol–water partition coefficient (Wildman–Crippen LogP) is 3.91. The zero-order valence-corrected chi connectivity index (χ0v) is 11.4. The molecule has 0 heterocycles. The summed E-state index contributed by atoms with van der Waals surface area (Å²) >= 11 is 0. The first-order valence-corrected chi connectivity index (χ1v) is 6.40. The first kappa shape index (κ1) is 14.4. The molecular formula is C16H23NO. The van der Waals surface area contributed by atoms with Crippen LogP contribution in [0.5, 0.6) is 5.75 Å². The summed E-state index contributed by atoms with van der Waals surface area (Å²) in [5.74, 6) is 0.372. The zero-order chi connectivity index (χ0) is 13.4. The molecule has 2 nitrogen and oxygen atoms in total. The summed E-state index contributed by atoms with van der Waals surface area (Å²) in [6, 6.07) is 5.82. The molecule has 0 aliphatic heterocycles. The average Bonchev–Trinajstić information content (AvgIpc) is 2.35. The summed E-state index contributed by atoms with van der Waals surface area (Å²) < 4.78 is 0. The summed E-state index contributed by atoms with van der Waals surface area (Å²) in [6.07, 6.45) is 10.3. The Bertz CT molecular complexity index is 408. The Morgan fingerprint density at radius 2 is 2.00 bits per heavy atom. The minimum absolute atomic E-state index is 0.372. The van der Waals surface area contributed by atoms with Gasteiger partial charge < -0.3 is 10.0 Å². The molecule has 0 aliphatic carbocycles. The summed E-state index contributed by atoms with van der Waals surface area (Å²) in [6.45, 7) is 3.70.